The number of carbonyl (C=O) groups is 2. The molecule has 12 nitrogen and oxygen atoms in total. The fourth-order valence-electron chi connectivity index (χ4n) is 1.83. The van der Waals surface area contributed by atoms with E-state index in [1.54, 1.807) is 0 Å². The van der Waals surface area contributed by atoms with Gasteiger partial charge in [0.2, 0.25) is 0 Å². The van der Waals surface area contributed by atoms with Crippen LogP contribution in [0.3, 0.4) is 0 Å². The van der Waals surface area contributed by atoms with Gasteiger partial charge in [-0.05, 0) is 29.8 Å². The zero-order chi connectivity index (χ0) is 17.0. The minimum Gasteiger partial charge on any atom is -0.289 e. The lowest BCUT2D eigenvalue weighted by Crippen LogP contribution is -2.28. The second kappa shape index (κ2) is 6.07. The number of hydrogen-bond acceptors (Lipinski definition) is 7. The third-order valence-electron chi connectivity index (χ3n) is 2.64. The third kappa shape index (κ3) is 2.91. The number of allylic oxidation sites excluding steroid dienone is 2. The molecule has 0 saturated carbocycles. The highest BCUT2D eigenvalue weighted by atomic mass is 32.2. The normalized spacial score (nSPS) is 12.7. The Morgan fingerprint density at radius 3 is 2.43 bits per heavy atom. The Kier molecular flexibility index (Phi) is 4.18. The van der Waals surface area contributed by atoms with Crippen LogP contribution in [0.15, 0.2) is 40.9 Å². The molecule has 0 N–H and O–H groups in total. The summed E-state index contributed by atoms with van der Waals surface area (Å²) >= 11 is 0. The molecule has 23 heavy (non-hydrogen) atoms. The Balaban J connectivity index is 2.71. The summed E-state index contributed by atoms with van der Waals surface area (Å²) in [5, 5.41) is 5.34. The topological polar surface area (TPSA) is 178 Å². The van der Waals surface area contributed by atoms with Gasteiger partial charge in [0.1, 0.15) is 5.28 Å². The highest BCUT2D eigenvalue weighted by molar-refractivity contribution is 7.88. The van der Waals surface area contributed by atoms with Gasteiger partial charge in [-0.1, -0.05) is 10.5 Å². The van der Waals surface area contributed by atoms with Crippen molar-refractivity contribution in [2.45, 2.75) is 0 Å². The van der Waals surface area contributed by atoms with Gasteiger partial charge in [0, 0.05) is 15.7 Å². The van der Waals surface area contributed by atoms with E-state index < -0.39 is 27.6 Å². The Morgan fingerprint density at radius 2 is 1.78 bits per heavy atom. The number of carbonyl (C=O) groups excluding carboxylic acids is 2. The van der Waals surface area contributed by atoms with E-state index in [0.29, 0.717) is 0 Å². The first-order valence-corrected chi connectivity index (χ1v) is 7.02. The van der Waals surface area contributed by atoms with Crippen LogP contribution in [-0.2, 0) is 14.6 Å². The summed E-state index contributed by atoms with van der Waals surface area (Å²) in [5.41, 5.74) is 15.9. The van der Waals surface area contributed by atoms with Crippen LogP contribution in [0, 0.1) is 0 Å². The van der Waals surface area contributed by atoms with Gasteiger partial charge in [-0.2, -0.15) is 4.91 Å². The number of fused-ring (bicyclic) bond motifs is 1. The SMILES string of the molecule is [N-]=[N+]=NOS(=O)(=O)N(N=[N+]=[N-])c1cccc2c1C(=O)C=CC2=O. The molecule has 0 unspecified atom stereocenters. The predicted molar refractivity (Wildman–Crippen MR) is 75.0 cm³/mol. The van der Waals surface area contributed by atoms with Crippen LogP contribution in [0.1, 0.15) is 20.7 Å². The van der Waals surface area contributed by atoms with E-state index in [-0.39, 0.29) is 15.5 Å². The molecule has 0 bridgehead atoms. The van der Waals surface area contributed by atoms with Crippen molar-refractivity contribution in [3.63, 3.8) is 0 Å². The summed E-state index contributed by atoms with van der Waals surface area (Å²) in [7, 11) is -4.87. The van der Waals surface area contributed by atoms with Crippen molar-refractivity contribution in [3.8, 4) is 0 Å². The molecule has 1 aliphatic carbocycles. The maximum atomic E-state index is 12.0. The van der Waals surface area contributed by atoms with Gasteiger partial charge in [0.25, 0.3) is 0 Å². The fraction of sp³-hybridized carbons (Fsp3) is 0. The molecular weight excluding hydrogens is 330 g/mol. The number of rotatable bonds is 5. The van der Waals surface area contributed by atoms with E-state index >= 15 is 0 Å². The zero-order valence-electron chi connectivity index (χ0n) is 11.0. The van der Waals surface area contributed by atoms with Crippen molar-refractivity contribution in [2.24, 2.45) is 10.5 Å². The summed E-state index contributed by atoms with van der Waals surface area (Å²) in [6, 6.07) is 3.70. The molecule has 13 heteroatoms. The number of nitrogens with zero attached hydrogens (tertiary/aromatic N) is 7. The highest BCUT2D eigenvalue weighted by Crippen LogP contribution is 2.30. The van der Waals surface area contributed by atoms with Crippen LogP contribution in [0.5, 0.6) is 0 Å². The summed E-state index contributed by atoms with van der Waals surface area (Å²) in [6.07, 6.45) is 1.97. The lowest BCUT2D eigenvalue weighted by molar-refractivity contribution is 0.0994. The predicted octanol–water partition coefficient (Wildman–Crippen LogP) is 2.14. The van der Waals surface area contributed by atoms with E-state index in [0.717, 1.165) is 18.2 Å². The number of anilines is 1. The van der Waals surface area contributed by atoms with Gasteiger partial charge in [-0.25, -0.2) is 0 Å². The van der Waals surface area contributed by atoms with Crippen LogP contribution in [0.4, 0.5) is 5.69 Å². The van der Waals surface area contributed by atoms with Crippen LogP contribution in [0.2, 0.25) is 0 Å². The van der Waals surface area contributed by atoms with Crippen molar-refractivity contribution in [2.75, 3.05) is 4.41 Å². The molecule has 1 aliphatic rings. The molecule has 0 radical (unpaired) electrons. The molecule has 2 rings (SSSR count). The van der Waals surface area contributed by atoms with E-state index in [1.807, 2.05) is 0 Å². The third-order valence-corrected chi connectivity index (χ3v) is 3.59. The smallest absolute Gasteiger partial charge is 0.289 e. The number of hydrogen-bond donors (Lipinski definition) is 0. The van der Waals surface area contributed by atoms with Crippen molar-refractivity contribution in [3.05, 3.63) is 62.4 Å². The van der Waals surface area contributed by atoms with Crippen LogP contribution in [-0.4, -0.2) is 20.0 Å². The molecule has 1 aromatic rings. The quantitative estimate of drug-likeness (QED) is 0.345. The molecule has 1 aromatic carbocycles. The van der Waals surface area contributed by atoms with Gasteiger partial charge < -0.3 is 0 Å². The van der Waals surface area contributed by atoms with Gasteiger partial charge in [-0.15, -0.1) is 13.9 Å². The lowest BCUT2D eigenvalue weighted by atomic mass is 9.93. The summed E-state index contributed by atoms with van der Waals surface area (Å²) in [5.74, 6) is -1.21. The second-order valence-corrected chi connectivity index (χ2v) is 5.24. The molecule has 0 aromatic heterocycles. The monoisotopic (exact) mass is 335 g/mol. The van der Waals surface area contributed by atoms with Crippen LogP contribution < -0.4 is 4.41 Å². The van der Waals surface area contributed by atoms with E-state index in [2.05, 4.69) is 24.6 Å². The molecule has 0 spiro atoms. The lowest BCUT2D eigenvalue weighted by Gasteiger charge is -2.16. The van der Waals surface area contributed by atoms with Gasteiger partial charge in [0.15, 0.2) is 17.3 Å². The first-order chi connectivity index (χ1) is 10.9. The number of ketones is 2. The standard InChI is InChI=1S/C10H5N7O5S/c11-13-15-17(23(20,21)22-16-14-12)7-3-1-2-6-8(18)4-5-9(19)10(6)7/h1-5H. The molecule has 0 saturated heterocycles. The van der Waals surface area contributed by atoms with E-state index in [4.69, 9.17) is 11.1 Å². The minimum absolute atomic E-state index is 0.00481. The largest absolute Gasteiger partial charge is 0.502 e. The maximum Gasteiger partial charge on any atom is 0.502 e. The Bertz CT molecular complexity index is 925. The Hall–Kier alpha value is -3.53. The summed E-state index contributed by atoms with van der Waals surface area (Å²) < 4.78 is 27.8. The fourth-order valence-corrected chi connectivity index (χ4v) is 2.52. The molecule has 0 aliphatic heterocycles. The maximum absolute atomic E-state index is 12.0. The van der Waals surface area contributed by atoms with Gasteiger partial charge in [0.05, 0.1) is 5.56 Å². The number of benzene rings is 1. The highest BCUT2D eigenvalue weighted by Gasteiger charge is 2.35. The Morgan fingerprint density at radius 1 is 1.09 bits per heavy atom. The molecular formula is C10H5N7O5S. The first kappa shape index (κ1) is 15.9. The van der Waals surface area contributed by atoms with Crippen molar-refractivity contribution in [1.82, 2.24) is 0 Å². The molecule has 0 heterocycles. The van der Waals surface area contributed by atoms with Gasteiger partial charge in [-0.3, -0.25) is 13.9 Å². The first-order valence-electron chi connectivity index (χ1n) is 5.65. The molecule has 116 valence electrons. The van der Waals surface area contributed by atoms with Crippen molar-refractivity contribution >= 4 is 27.6 Å². The summed E-state index contributed by atoms with van der Waals surface area (Å²) in [4.78, 5) is 28.2. The molecule has 0 amide bonds. The summed E-state index contributed by atoms with van der Waals surface area (Å²) in [6.45, 7) is 0. The molecule has 0 atom stereocenters. The molecule has 0 fully saturated rings. The van der Waals surface area contributed by atoms with Gasteiger partial charge >= 0.3 is 10.3 Å². The zero-order valence-corrected chi connectivity index (χ0v) is 11.8. The van der Waals surface area contributed by atoms with Crippen molar-refractivity contribution < 1.29 is 22.3 Å². The second-order valence-electron chi connectivity index (χ2n) is 3.89. The minimum atomic E-state index is -4.87. The van der Waals surface area contributed by atoms with Crippen LogP contribution >= 0.6 is 0 Å². The average molecular weight is 335 g/mol. The average Bonchev–Trinajstić information content (AvgIpc) is 2.53. The van der Waals surface area contributed by atoms with E-state index in [1.165, 1.54) is 12.1 Å². The van der Waals surface area contributed by atoms with Crippen LogP contribution in [0.25, 0.3) is 20.9 Å². The van der Waals surface area contributed by atoms with E-state index in [9.17, 15) is 18.0 Å². The van der Waals surface area contributed by atoms with Crippen molar-refractivity contribution in [1.29, 1.82) is 0 Å². The Labute approximate surface area is 128 Å². The number of azide groups is 2.